The van der Waals surface area contributed by atoms with Gasteiger partial charge in [0.15, 0.2) is 0 Å². The molecule has 1 N–H and O–H groups in total. The third-order valence-electron chi connectivity index (χ3n) is 6.99. The minimum Gasteiger partial charge on any atom is -0.481 e. The molecule has 0 aromatic carbocycles. The summed E-state index contributed by atoms with van der Waals surface area (Å²) in [6.07, 6.45) is 32.4. The van der Waals surface area contributed by atoms with E-state index in [2.05, 4.69) is 26.0 Å². The smallest absolute Gasteiger partial charge is 0.306 e. The van der Waals surface area contributed by atoms with Crippen LogP contribution >= 0.6 is 0 Å². The van der Waals surface area contributed by atoms with Gasteiger partial charge in [-0.2, -0.15) is 0 Å². The van der Waals surface area contributed by atoms with Crippen molar-refractivity contribution in [3.63, 3.8) is 0 Å². The lowest BCUT2D eigenvalue weighted by Crippen LogP contribution is -2.18. The van der Waals surface area contributed by atoms with Crippen molar-refractivity contribution in [2.75, 3.05) is 0 Å². The summed E-state index contributed by atoms with van der Waals surface area (Å²) < 4.78 is 5.88. The van der Waals surface area contributed by atoms with Crippen LogP contribution in [0.4, 0.5) is 0 Å². The highest BCUT2D eigenvalue weighted by Gasteiger charge is 2.14. The van der Waals surface area contributed by atoms with E-state index >= 15 is 0 Å². The third kappa shape index (κ3) is 27.3. The highest BCUT2D eigenvalue weighted by atomic mass is 16.5. The standard InChI is InChI=1S/C32H60O4/c1-3-5-7-8-9-10-11-12-13-14-18-21-25-29-32(35)36-30(26-22-6-4-2)27-23-19-16-15-17-20-24-28-31(33)34/h10-11,30H,3-9,12-29H2,1-2H3,(H,33,34)/b11-10-. The molecular weight excluding hydrogens is 448 g/mol. The molecule has 0 amide bonds. The SMILES string of the molecule is CCCCCC/C=C\CCCCCCCC(=O)OC(CCCCC)CCCCCCCCCC(=O)O. The first kappa shape index (κ1) is 34.7. The number of unbranched alkanes of at least 4 members (excludes halogenated alkanes) is 17. The maximum absolute atomic E-state index is 12.4. The molecule has 0 aliphatic heterocycles. The van der Waals surface area contributed by atoms with E-state index in [1.54, 1.807) is 0 Å². The second-order valence-electron chi connectivity index (χ2n) is 10.6. The van der Waals surface area contributed by atoms with E-state index in [-0.39, 0.29) is 12.1 Å². The van der Waals surface area contributed by atoms with E-state index in [0.29, 0.717) is 12.8 Å². The highest BCUT2D eigenvalue weighted by Crippen LogP contribution is 2.18. The molecule has 0 radical (unpaired) electrons. The molecule has 0 rings (SSSR count). The Morgan fingerprint density at radius 2 is 1.00 bits per heavy atom. The summed E-state index contributed by atoms with van der Waals surface area (Å²) in [6.45, 7) is 4.47. The number of hydrogen-bond donors (Lipinski definition) is 1. The van der Waals surface area contributed by atoms with Gasteiger partial charge in [-0.25, -0.2) is 0 Å². The first-order valence-corrected chi connectivity index (χ1v) is 15.7. The second-order valence-corrected chi connectivity index (χ2v) is 10.6. The summed E-state index contributed by atoms with van der Waals surface area (Å²) >= 11 is 0. The summed E-state index contributed by atoms with van der Waals surface area (Å²) in [6, 6.07) is 0. The lowest BCUT2D eigenvalue weighted by Gasteiger charge is -2.18. The molecule has 1 unspecified atom stereocenters. The minimum absolute atomic E-state index is 0.000866. The first-order chi connectivity index (χ1) is 17.6. The predicted molar refractivity (Wildman–Crippen MR) is 153 cm³/mol. The number of aliphatic carboxylic acids is 1. The zero-order chi connectivity index (χ0) is 26.5. The van der Waals surface area contributed by atoms with Crippen molar-refractivity contribution in [2.45, 2.75) is 180 Å². The number of ether oxygens (including phenoxy) is 1. The lowest BCUT2D eigenvalue weighted by atomic mass is 10.0. The fourth-order valence-corrected chi connectivity index (χ4v) is 4.65. The van der Waals surface area contributed by atoms with E-state index in [9.17, 15) is 9.59 Å². The number of carboxylic acids is 1. The van der Waals surface area contributed by atoms with Crippen LogP contribution in [0.1, 0.15) is 174 Å². The Balaban J connectivity index is 3.80. The Bertz CT molecular complexity index is 514. The summed E-state index contributed by atoms with van der Waals surface area (Å²) in [4.78, 5) is 22.9. The van der Waals surface area contributed by atoms with Gasteiger partial charge >= 0.3 is 11.9 Å². The number of allylic oxidation sites excluding steroid dienone is 2. The van der Waals surface area contributed by atoms with E-state index in [0.717, 1.165) is 57.8 Å². The molecule has 0 spiro atoms. The van der Waals surface area contributed by atoms with Crippen molar-refractivity contribution < 1.29 is 19.4 Å². The van der Waals surface area contributed by atoms with Gasteiger partial charge < -0.3 is 9.84 Å². The van der Waals surface area contributed by atoms with Crippen molar-refractivity contribution in [2.24, 2.45) is 0 Å². The third-order valence-corrected chi connectivity index (χ3v) is 6.99. The molecule has 0 aliphatic carbocycles. The van der Waals surface area contributed by atoms with E-state index in [4.69, 9.17) is 9.84 Å². The van der Waals surface area contributed by atoms with Crippen molar-refractivity contribution in [1.29, 1.82) is 0 Å². The molecule has 0 bridgehead atoms. The average molecular weight is 509 g/mol. The maximum atomic E-state index is 12.4. The fraction of sp³-hybridized carbons (Fsp3) is 0.875. The molecular formula is C32H60O4. The van der Waals surface area contributed by atoms with Crippen molar-refractivity contribution in [3.8, 4) is 0 Å². The summed E-state index contributed by atoms with van der Waals surface area (Å²) in [7, 11) is 0. The molecule has 4 heteroatoms. The van der Waals surface area contributed by atoms with Gasteiger partial charge in [0.05, 0.1) is 0 Å². The van der Waals surface area contributed by atoms with Gasteiger partial charge in [0.1, 0.15) is 6.10 Å². The van der Waals surface area contributed by atoms with Crippen molar-refractivity contribution in [3.05, 3.63) is 12.2 Å². The van der Waals surface area contributed by atoms with E-state index in [1.165, 1.54) is 89.9 Å². The lowest BCUT2D eigenvalue weighted by molar-refractivity contribution is -0.150. The van der Waals surface area contributed by atoms with Gasteiger partial charge in [0.25, 0.3) is 0 Å². The number of carbonyl (C=O) groups is 2. The number of hydrogen-bond acceptors (Lipinski definition) is 3. The minimum atomic E-state index is -0.689. The van der Waals surface area contributed by atoms with E-state index in [1.807, 2.05) is 0 Å². The average Bonchev–Trinajstić information content (AvgIpc) is 2.85. The molecule has 0 heterocycles. The number of carbonyl (C=O) groups excluding carboxylic acids is 1. The molecule has 0 aromatic heterocycles. The zero-order valence-corrected chi connectivity index (χ0v) is 24.1. The summed E-state index contributed by atoms with van der Waals surface area (Å²) in [5, 5.41) is 8.68. The van der Waals surface area contributed by atoms with Crippen LogP contribution in [-0.4, -0.2) is 23.1 Å². The Labute approximate surface area is 224 Å². The second kappa shape index (κ2) is 28.3. The molecule has 0 aromatic rings. The van der Waals surface area contributed by atoms with Crippen LogP contribution < -0.4 is 0 Å². The summed E-state index contributed by atoms with van der Waals surface area (Å²) in [5.41, 5.74) is 0. The van der Waals surface area contributed by atoms with Crippen LogP contribution in [0.2, 0.25) is 0 Å². The predicted octanol–water partition coefficient (Wildman–Crippen LogP) is 10.3. The fourth-order valence-electron chi connectivity index (χ4n) is 4.65. The van der Waals surface area contributed by atoms with Crippen LogP contribution in [0.5, 0.6) is 0 Å². The van der Waals surface area contributed by atoms with Gasteiger partial charge in [0, 0.05) is 12.8 Å². The molecule has 0 saturated heterocycles. The van der Waals surface area contributed by atoms with E-state index < -0.39 is 5.97 Å². The molecule has 212 valence electrons. The van der Waals surface area contributed by atoms with Crippen molar-refractivity contribution in [1.82, 2.24) is 0 Å². The Morgan fingerprint density at radius 3 is 1.56 bits per heavy atom. The number of rotatable bonds is 28. The van der Waals surface area contributed by atoms with Gasteiger partial charge in [-0.05, 0) is 64.2 Å². The van der Waals surface area contributed by atoms with Crippen LogP contribution in [0.15, 0.2) is 12.2 Å². The van der Waals surface area contributed by atoms with Gasteiger partial charge in [-0.1, -0.05) is 109 Å². The number of carboxylic acid groups (broad SMARTS) is 1. The molecule has 4 nitrogen and oxygen atoms in total. The Hall–Kier alpha value is -1.32. The largest absolute Gasteiger partial charge is 0.481 e. The molecule has 0 saturated carbocycles. The van der Waals surface area contributed by atoms with Crippen molar-refractivity contribution >= 4 is 11.9 Å². The van der Waals surface area contributed by atoms with Crippen LogP contribution in [0, 0.1) is 0 Å². The van der Waals surface area contributed by atoms with Crippen LogP contribution in [0.3, 0.4) is 0 Å². The Morgan fingerprint density at radius 1 is 0.583 bits per heavy atom. The number of esters is 1. The molecule has 0 fully saturated rings. The normalized spacial score (nSPS) is 12.3. The topological polar surface area (TPSA) is 63.6 Å². The Kier molecular flexibility index (Phi) is 27.2. The molecule has 36 heavy (non-hydrogen) atoms. The quantitative estimate of drug-likeness (QED) is 0.0648. The highest BCUT2D eigenvalue weighted by molar-refractivity contribution is 5.69. The van der Waals surface area contributed by atoms with Gasteiger partial charge in [-0.3, -0.25) is 9.59 Å². The summed E-state index contributed by atoms with van der Waals surface area (Å²) in [5.74, 6) is -0.689. The maximum Gasteiger partial charge on any atom is 0.306 e. The molecule has 1 atom stereocenters. The zero-order valence-electron chi connectivity index (χ0n) is 24.1. The molecule has 0 aliphatic rings. The van der Waals surface area contributed by atoms with Crippen LogP contribution in [0.25, 0.3) is 0 Å². The first-order valence-electron chi connectivity index (χ1n) is 15.7. The van der Waals surface area contributed by atoms with Crippen LogP contribution in [-0.2, 0) is 14.3 Å². The monoisotopic (exact) mass is 508 g/mol. The van der Waals surface area contributed by atoms with Gasteiger partial charge in [-0.15, -0.1) is 0 Å². The van der Waals surface area contributed by atoms with Gasteiger partial charge in [0.2, 0.25) is 0 Å².